The van der Waals surface area contributed by atoms with Gasteiger partial charge in [0.05, 0.1) is 11.6 Å². The van der Waals surface area contributed by atoms with E-state index in [0.717, 1.165) is 16.7 Å². The van der Waals surface area contributed by atoms with Gasteiger partial charge in [-0.3, -0.25) is 4.79 Å². The zero-order valence-electron chi connectivity index (χ0n) is 12.6. The number of carbonyl (C=O) groups is 1. The van der Waals surface area contributed by atoms with Gasteiger partial charge in [-0.1, -0.05) is 42.5 Å². The number of nitriles is 1. The molecule has 2 N–H and O–H groups in total. The first-order valence-corrected chi connectivity index (χ1v) is 7.24. The SMILES string of the molecule is CC(=O)NCCNCc1ccc(-c2ccccc2)c(C#N)c1. The molecule has 0 heterocycles. The molecule has 0 aliphatic rings. The van der Waals surface area contributed by atoms with E-state index < -0.39 is 0 Å². The fourth-order valence-electron chi connectivity index (χ4n) is 2.22. The minimum atomic E-state index is -0.0271. The third-order valence-electron chi connectivity index (χ3n) is 3.29. The van der Waals surface area contributed by atoms with Gasteiger partial charge in [-0.2, -0.15) is 5.26 Å². The molecule has 0 radical (unpaired) electrons. The van der Waals surface area contributed by atoms with Crippen molar-refractivity contribution in [3.63, 3.8) is 0 Å². The van der Waals surface area contributed by atoms with Crippen LogP contribution in [0.5, 0.6) is 0 Å². The normalized spacial score (nSPS) is 10.0. The predicted molar refractivity (Wildman–Crippen MR) is 87.0 cm³/mol. The van der Waals surface area contributed by atoms with Crippen molar-refractivity contribution < 1.29 is 4.79 Å². The lowest BCUT2D eigenvalue weighted by Crippen LogP contribution is -2.29. The first-order chi connectivity index (χ1) is 10.7. The van der Waals surface area contributed by atoms with Gasteiger partial charge in [-0.05, 0) is 22.8 Å². The predicted octanol–water partition coefficient (Wildman–Crippen LogP) is 2.45. The lowest BCUT2D eigenvalue weighted by atomic mass is 9.98. The van der Waals surface area contributed by atoms with Crippen LogP contribution in [0.15, 0.2) is 48.5 Å². The van der Waals surface area contributed by atoms with Gasteiger partial charge in [-0.25, -0.2) is 0 Å². The molecule has 0 atom stereocenters. The van der Waals surface area contributed by atoms with Gasteiger partial charge in [0.2, 0.25) is 5.91 Å². The van der Waals surface area contributed by atoms with E-state index in [1.54, 1.807) is 0 Å². The summed E-state index contributed by atoms with van der Waals surface area (Å²) in [4.78, 5) is 10.8. The third kappa shape index (κ3) is 4.44. The van der Waals surface area contributed by atoms with Crippen molar-refractivity contribution in [1.29, 1.82) is 5.26 Å². The van der Waals surface area contributed by atoms with Gasteiger partial charge in [0, 0.05) is 26.6 Å². The Morgan fingerprint density at radius 2 is 1.91 bits per heavy atom. The van der Waals surface area contributed by atoms with Crippen molar-refractivity contribution >= 4 is 5.91 Å². The fourth-order valence-corrected chi connectivity index (χ4v) is 2.22. The number of hydrogen-bond donors (Lipinski definition) is 2. The highest BCUT2D eigenvalue weighted by atomic mass is 16.1. The summed E-state index contributed by atoms with van der Waals surface area (Å²) in [6.45, 7) is 3.47. The smallest absolute Gasteiger partial charge is 0.216 e. The molecule has 4 heteroatoms. The summed E-state index contributed by atoms with van der Waals surface area (Å²) < 4.78 is 0. The highest BCUT2D eigenvalue weighted by molar-refractivity contribution is 5.72. The van der Waals surface area contributed by atoms with E-state index in [9.17, 15) is 10.1 Å². The number of benzene rings is 2. The molecule has 0 fully saturated rings. The van der Waals surface area contributed by atoms with Crippen LogP contribution in [0.4, 0.5) is 0 Å². The zero-order valence-corrected chi connectivity index (χ0v) is 12.6. The Bertz CT molecular complexity index is 674. The molecule has 0 aromatic heterocycles. The maximum Gasteiger partial charge on any atom is 0.216 e. The Morgan fingerprint density at radius 3 is 2.59 bits per heavy atom. The maximum absolute atomic E-state index is 10.8. The summed E-state index contributed by atoms with van der Waals surface area (Å²) in [5.74, 6) is -0.0271. The minimum Gasteiger partial charge on any atom is -0.355 e. The number of nitrogens with one attached hydrogen (secondary N) is 2. The first-order valence-electron chi connectivity index (χ1n) is 7.24. The standard InChI is InChI=1S/C18H19N3O/c1-14(22)21-10-9-20-13-15-7-8-18(17(11-15)12-19)16-5-3-2-4-6-16/h2-8,11,20H,9-10,13H2,1H3,(H,21,22). The monoisotopic (exact) mass is 293 g/mol. The zero-order chi connectivity index (χ0) is 15.8. The fraction of sp³-hybridized carbons (Fsp3) is 0.222. The number of hydrogen-bond acceptors (Lipinski definition) is 3. The number of carbonyl (C=O) groups excluding carboxylic acids is 1. The minimum absolute atomic E-state index is 0.0271. The van der Waals surface area contributed by atoms with Crippen LogP contribution in [0.25, 0.3) is 11.1 Å². The van der Waals surface area contributed by atoms with E-state index in [-0.39, 0.29) is 5.91 Å². The van der Waals surface area contributed by atoms with Gasteiger partial charge >= 0.3 is 0 Å². The molecule has 0 saturated carbocycles. The Kier molecular flexibility index (Phi) is 5.70. The van der Waals surface area contributed by atoms with Crippen molar-refractivity contribution in [2.24, 2.45) is 0 Å². The topological polar surface area (TPSA) is 64.9 Å². The maximum atomic E-state index is 10.8. The molecule has 0 aliphatic heterocycles. The highest BCUT2D eigenvalue weighted by Gasteiger charge is 2.05. The van der Waals surface area contributed by atoms with Crippen molar-refractivity contribution in [3.05, 3.63) is 59.7 Å². The molecule has 0 unspecified atom stereocenters. The van der Waals surface area contributed by atoms with Gasteiger partial charge in [0.1, 0.15) is 0 Å². The van der Waals surface area contributed by atoms with Crippen LogP contribution in [-0.2, 0) is 11.3 Å². The van der Waals surface area contributed by atoms with E-state index in [1.807, 2.05) is 48.5 Å². The summed E-state index contributed by atoms with van der Waals surface area (Å²) in [6.07, 6.45) is 0. The lowest BCUT2D eigenvalue weighted by Gasteiger charge is -2.09. The summed E-state index contributed by atoms with van der Waals surface area (Å²) in [5, 5.41) is 15.3. The summed E-state index contributed by atoms with van der Waals surface area (Å²) in [5.41, 5.74) is 3.72. The second-order valence-corrected chi connectivity index (χ2v) is 5.02. The highest BCUT2D eigenvalue weighted by Crippen LogP contribution is 2.24. The van der Waals surface area contributed by atoms with E-state index >= 15 is 0 Å². The molecule has 2 aromatic carbocycles. The summed E-state index contributed by atoms with van der Waals surface area (Å²) >= 11 is 0. The number of amides is 1. The van der Waals surface area contributed by atoms with Crippen LogP contribution < -0.4 is 10.6 Å². The van der Waals surface area contributed by atoms with E-state index in [0.29, 0.717) is 25.2 Å². The lowest BCUT2D eigenvalue weighted by molar-refractivity contribution is -0.118. The third-order valence-corrected chi connectivity index (χ3v) is 3.29. The van der Waals surface area contributed by atoms with Gasteiger partial charge in [0.15, 0.2) is 0 Å². The summed E-state index contributed by atoms with van der Waals surface area (Å²) in [7, 11) is 0. The Morgan fingerprint density at radius 1 is 1.14 bits per heavy atom. The van der Waals surface area contributed by atoms with Crippen molar-refractivity contribution in [3.8, 4) is 17.2 Å². The average Bonchev–Trinajstić information content (AvgIpc) is 2.55. The van der Waals surface area contributed by atoms with Crippen molar-refractivity contribution in [2.75, 3.05) is 13.1 Å². The molecule has 2 aromatic rings. The van der Waals surface area contributed by atoms with E-state index in [2.05, 4.69) is 16.7 Å². The van der Waals surface area contributed by atoms with Gasteiger partial charge in [0.25, 0.3) is 0 Å². The van der Waals surface area contributed by atoms with E-state index in [1.165, 1.54) is 6.92 Å². The molecule has 1 amide bonds. The van der Waals surface area contributed by atoms with Crippen LogP contribution in [-0.4, -0.2) is 19.0 Å². The van der Waals surface area contributed by atoms with Crippen LogP contribution in [0.2, 0.25) is 0 Å². The number of rotatable bonds is 6. The second kappa shape index (κ2) is 7.96. The average molecular weight is 293 g/mol. The van der Waals surface area contributed by atoms with Gasteiger partial charge < -0.3 is 10.6 Å². The molecule has 0 aliphatic carbocycles. The van der Waals surface area contributed by atoms with Crippen molar-refractivity contribution in [2.45, 2.75) is 13.5 Å². The Balaban J connectivity index is 2.01. The molecule has 0 saturated heterocycles. The molecule has 0 bridgehead atoms. The quantitative estimate of drug-likeness (QED) is 0.804. The molecular weight excluding hydrogens is 274 g/mol. The Labute approximate surface area is 130 Å². The molecule has 2 rings (SSSR count). The van der Waals surface area contributed by atoms with Gasteiger partial charge in [-0.15, -0.1) is 0 Å². The number of nitrogens with zero attached hydrogens (tertiary/aromatic N) is 1. The van der Waals surface area contributed by atoms with Crippen LogP contribution >= 0.6 is 0 Å². The van der Waals surface area contributed by atoms with Crippen LogP contribution in [0.3, 0.4) is 0 Å². The largest absolute Gasteiger partial charge is 0.355 e. The molecule has 22 heavy (non-hydrogen) atoms. The molecule has 112 valence electrons. The first kappa shape index (κ1) is 15.7. The molecular formula is C18H19N3O. The summed E-state index contributed by atoms with van der Waals surface area (Å²) in [6, 6.07) is 18.1. The van der Waals surface area contributed by atoms with Crippen LogP contribution in [0, 0.1) is 11.3 Å². The second-order valence-electron chi connectivity index (χ2n) is 5.02. The Hall–Kier alpha value is -2.64. The molecule has 4 nitrogen and oxygen atoms in total. The molecule has 0 spiro atoms. The van der Waals surface area contributed by atoms with Crippen molar-refractivity contribution in [1.82, 2.24) is 10.6 Å². The van der Waals surface area contributed by atoms with Crippen LogP contribution in [0.1, 0.15) is 18.1 Å². The van der Waals surface area contributed by atoms with E-state index in [4.69, 9.17) is 0 Å².